The molecule has 7 heteroatoms. The lowest BCUT2D eigenvalue weighted by Crippen LogP contribution is -2.32. The summed E-state index contributed by atoms with van der Waals surface area (Å²) in [6, 6.07) is 0. The van der Waals surface area contributed by atoms with Gasteiger partial charge in [-0.05, 0) is 34.6 Å². The van der Waals surface area contributed by atoms with Crippen molar-refractivity contribution in [1.82, 2.24) is 5.32 Å². The van der Waals surface area contributed by atoms with Gasteiger partial charge in [-0.2, -0.15) is 0 Å². The molecule has 0 aromatic carbocycles. The van der Waals surface area contributed by atoms with E-state index in [-0.39, 0.29) is 11.1 Å². The maximum Gasteiger partial charge on any atom is 0.339 e. The Hall–Kier alpha value is -2.31. The molecule has 0 aliphatic carbocycles. The second-order valence-electron chi connectivity index (χ2n) is 6.46. The van der Waals surface area contributed by atoms with Crippen molar-refractivity contribution in [3.8, 4) is 0 Å². The second-order valence-corrected chi connectivity index (χ2v) is 6.46. The van der Waals surface area contributed by atoms with Gasteiger partial charge in [0, 0.05) is 17.3 Å². The van der Waals surface area contributed by atoms with E-state index in [1.807, 2.05) is 0 Å². The van der Waals surface area contributed by atoms with Gasteiger partial charge in [0.1, 0.15) is 0 Å². The van der Waals surface area contributed by atoms with E-state index in [9.17, 15) is 19.5 Å². The molecule has 128 valence electrons. The molecule has 1 aliphatic heterocycles. The zero-order valence-electron chi connectivity index (χ0n) is 14.3. The summed E-state index contributed by atoms with van der Waals surface area (Å²) in [7, 11) is 0. The highest BCUT2D eigenvalue weighted by atomic mass is 16.7. The summed E-state index contributed by atoms with van der Waals surface area (Å²) in [5.41, 5.74) is 0.622. The van der Waals surface area contributed by atoms with Crippen LogP contribution in [0.1, 0.15) is 41.5 Å². The van der Waals surface area contributed by atoms with Crippen LogP contribution in [0.2, 0.25) is 0 Å². The van der Waals surface area contributed by atoms with Crippen molar-refractivity contribution in [3.63, 3.8) is 0 Å². The Kier molecular flexibility index (Phi) is 5.58. The third kappa shape index (κ3) is 4.34. The fourth-order valence-electron chi connectivity index (χ4n) is 2.32. The van der Waals surface area contributed by atoms with E-state index in [0.717, 1.165) is 0 Å². The van der Waals surface area contributed by atoms with E-state index in [2.05, 4.69) is 5.32 Å². The Morgan fingerprint density at radius 3 is 2.09 bits per heavy atom. The number of carboxylic acids is 1. The molecule has 0 spiro atoms. The van der Waals surface area contributed by atoms with Crippen LogP contribution in [0.15, 0.2) is 22.5 Å². The van der Waals surface area contributed by atoms with Gasteiger partial charge in [0.15, 0.2) is 0 Å². The van der Waals surface area contributed by atoms with Crippen LogP contribution in [0.5, 0.6) is 0 Å². The number of ether oxygens (including phenoxy) is 2. The molecule has 0 fully saturated rings. The van der Waals surface area contributed by atoms with Gasteiger partial charge < -0.3 is 19.9 Å². The van der Waals surface area contributed by atoms with E-state index in [4.69, 9.17) is 9.47 Å². The molecule has 0 amide bonds. The molecule has 0 radical (unpaired) electrons. The Morgan fingerprint density at radius 2 is 1.61 bits per heavy atom. The van der Waals surface area contributed by atoms with Gasteiger partial charge in [0.2, 0.25) is 6.79 Å². The van der Waals surface area contributed by atoms with Gasteiger partial charge in [-0.15, -0.1) is 0 Å². The highest BCUT2D eigenvalue weighted by Gasteiger charge is 2.33. The monoisotopic (exact) mass is 325 g/mol. The average Bonchev–Trinajstić information content (AvgIpc) is 2.35. The number of esters is 2. The molecule has 0 aromatic heterocycles. The smallest absolute Gasteiger partial charge is 0.339 e. The molecular weight excluding hydrogens is 302 g/mol. The van der Waals surface area contributed by atoms with Gasteiger partial charge in [-0.1, -0.05) is 6.92 Å². The van der Waals surface area contributed by atoms with E-state index in [1.54, 1.807) is 41.5 Å². The third-order valence-electron chi connectivity index (χ3n) is 3.49. The molecule has 1 heterocycles. The number of hydrogen-bond acceptors (Lipinski definition) is 6. The van der Waals surface area contributed by atoms with Crippen molar-refractivity contribution in [1.29, 1.82) is 0 Å². The number of carbonyl (C=O) groups is 3. The van der Waals surface area contributed by atoms with Crippen LogP contribution in [0.3, 0.4) is 0 Å². The maximum atomic E-state index is 12.2. The molecule has 1 aliphatic rings. The first-order valence-electron chi connectivity index (χ1n) is 7.23. The van der Waals surface area contributed by atoms with Crippen LogP contribution in [-0.2, 0) is 23.9 Å². The maximum absolute atomic E-state index is 12.2. The Bertz CT molecular complexity index is 594. The quantitative estimate of drug-likeness (QED) is 0.601. The number of rotatable bonds is 4. The molecule has 1 rings (SSSR count). The van der Waals surface area contributed by atoms with E-state index >= 15 is 0 Å². The standard InChI is InChI=1S/C16H23NO6/c1-8-11(13(18)19)9(2)17-10(3)12(8)14(20)22-7-23-15(21)16(4,5)6/h8,17H,7H2,1-6H3,(H,18,19). The van der Waals surface area contributed by atoms with E-state index < -0.39 is 36.0 Å². The van der Waals surface area contributed by atoms with Gasteiger partial charge in [-0.3, -0.25) is 4.79 Å². The zero-order chi connectivity index (χ0) is 17.9. The van der Waals surface area contributed by atoms with Gasteiger partial charge in [0.05, 0.1) is 16.6 Å². The normalized spacial score (nSPS) is 18.4. The van der Waals surface area contributed by atoms with E-state index in [1.165, 1.54) is 0 Å². The predicted molar refractivity (Wildman–Crippen MR) is 81.8 cm³/mol. The Morgan fingerprint density at radius 1 is 1.09 bits per heavy atom. The van der Waals surface area contributed by atoms with Crippen molar-refractivity contribution < 1.29 is 29.0 Å². The number of nitrogens with one attached hydrogen (secondary N) is 1. The van der Waals surface area contributed by atoms with Crippen molar-refractivity contribution in [2.45, 2.75) is 41.5 Å². The van der Waals surface area contributed by atoms with Crippen LogP contribution in [-0.4, -0.2) is 29.8 Å². The summed E-state index contributed by atoms with van der Waals surface area (Å²) in [4.78, 5) is 35.1. The first-order valence-corrected chi connectivity index (χ1v) is 7.23. The topological polar surface area (TPSA) is 102 Å². The zero-order valence-corrected chi connectivity index (χ0v) is 14.3. The Balaban J connectivity index is 2.78. The molecule has 23 heavy (non-hydrogen) atoms. The average molecular weight is 325 g/mol. The molecular formula is C16H23NO6. The molecule has 2 N–H and O–H groups in total. The van der Waals surface area contributed by atoms with Crippen molar-refractivity contribution >= 4 is 17.9 Å². The molecule has 1 unspecified atom stereocenters. The molecule has 1 atom stereocenters. The van der Waals surface area contributed by atoms with Gasteiger partial charge in [-0.25, -0.2) is 9.59 Å². The van der Waals surface area contributed by atoms with Crippen LogP contribution < -0.4 is 5.32 Å². The number of aliphatic carboxylic acids is 1. The third-order valence-corrected chi connectivity index (χ3v) is 3.49. The largest absolute Gasteiger partial charge is 0.478 e. The van der Waals surface area contributed by atoms with Crippen LogP contribution in [0.25, 0.3) is 0 Å². The lowest BCUT2D eigenvalue weighted by atomic mass is 9.87. The summed E-state index contributed by atoms with van der Waals surface area (Å²) in [5, 5.41) is 12.1. The minimum atomic E-state index is -1.10. The Labute approximate surface area is 135 Å². The molecule has 0 aromatic rings. The first kappa shape index (κ1) is 18.7. The van der Waals surface area contributed by atoms with Crippen molar-refractivity contribution in [3.05, 3.63) is 22.5 Å². The molecule has 7 nitrogen and oxygen atoms in total. The number of allylic oxidation sites excluding steroid dienone is 2. The minimum Gasteiger partial charge on any atom is -0.478 e. The highest BCUT2D eigenvalue weighted by molar-refractivity contribution is 5.96. The fraction of sp³-hybridized carbons (Fsp3) is 0.562. The number of hydrogen-bond donors (Lipinski definition) is 2. The number of carbonyl (C=O) groups excluding carboxylic acids is 2. The summed E-state index contributed by atoms with van der Waals surface area (Å²) in [6.45, 7) is 9.46. The van der Waals surface area contributed by atoms with Crippen LogP contribution in [0.4, 0.5) is 0 Å². The highest BCUT2D eigenvalue weighted by Crippen LogP contribution is 2.30. The van der Waals surface area contributed by atoms with E-state index in [0.29, 0.717) is 11.4 Å². The molecule has 0 saturated heterocycles. The van der Waals surface area contributed by atoms with Gasteiger partial charge in [0.25, 0.3) is 0 Å². The summed E-state index contributed by atoms with van der Waals surface area (Å²) >= 11 is 0. The second kappa shape index (κ2) is 6.85. The first-order chi connectivity index (χ1) is 10.5. The summed E-state index contributed by atoms with van der Waals surface area (Å²) < 4.78 is 9.84. The van der Waals surface area contributed by atoms with Crippen molar-refractivity contribution in [2.75, 3.05) is 6.79 Å². The predicted octanol–water partition coefficient (Wildman–Crippen LogP) is 1.95. The fourth-order valence-corrected chi connectivity index (χ4v) is 2.32. The molecule has 0 bridgehead atoms. The molecule has 0 saturated carbocycles. The van der Waals surface area contributed by atoms with Crippen molar-refractivity contribution in [2.24, 2.45) is 11.3 Å². The minimum absolute atomic E-state index is 0.106. The lowest BCUT2D eigenvalue weighted by Gasteiger charge is -2.26. The summed E-state index contributed by atoms with van der Waals surface area (Å²) in [5.74, 6) is -2.93. The lowest BCUT2D eigenvalue weighted by molar-refractivity contribution is -0.171. The van der Waals surface area contributed by atoms with Crippen LogP contribution >= 0.6 is 0 Å². The van der Waals surface area contributed by atoms with Crippen LogP contribution in [0, 0.1) is 11.3 Å². The van der Waals surface area contributed by atoms with Gasteiger partial charge >= 0.3 is 17.9 Å². The SMILES string of the molecule is CC1=C(C(=O)O)C(C)C(C(=O)OCOC(=O)C(C)(C)C)=C(C)N1. The summed E-state index contributed by atoms with van der Waals surface area (Å²) in [6.07, 6.45) is 0. The number of dihydropyridines is 1. The number of carboxylic acid groups (broad SMARTS) is 1.